The first-order chi connectivity index (χ1) is 15.7. The number of nitrogens with zero attached hydrogens (tertiary/aromatic N) is 3. The minimum Gasteiger partial charge on any atom is -0.301 e. The van der Waals surface area contributed by atoms with Gasteiger partial charge in [0, 0.05) is 26.4 Å². The van der Waals surface area contributed by atoms with E-state index in [9.17, 15) is 4.79 Å². The number of hydrogen-bond donors (Lipinski definition) is 1. The normalized spacial score (nSPS) is 11.0. The number of thiazole rings is 1. The summed E-state index contributed by atoms with van der Waals surface area (Å²) in [5, 5.41) is 9.31. The van der Waals surface area contributed by atoms with Crippen molar-refractivity contribution in [2.75, 3.05) is 11.1 Å². The number of carbonyl (C=O) groups is 1. The zero-order valence-electron chi connectivity index (χ0n) is 16.5. The van der Waals surface area contributed by atoms with Gasteiger partial charge in [-0.15, -0.1) is 22.7 Å². The van der Waals surface area contributed by atoms with Gasteiger partial charge in [0.25, 0.3) is 0 Å². The van der Waals surface area contributed by atoms with Crippen LogP contribution in [0, 0.1) is 0 Å². The minimum atomic E-state index is -0.115. The second-order valence-corrected chi connectivity index (χ2v) is 10.4. The van der Waals surface area contributed by atoms with Crippen LogP contribution in [0.25, 0.3) is 32.6 Å². The Hall–Kier alpha value is -2.59. The molecular formula is C23H15BrN4OS3. The molecule has 0 radical (unpaired) electrons. The highest BCUT2D eigenvalue weighted by Gasteiger charge is 2.15. The van der Waals surface area contributed by atoms with Crippen LogP contribution in [-0.2, 0) is 4.79 Å². The smallest absolute Gasteiger partial charge is 0.236 e. The highest BCUT2D eigenvalue weighted by atomic mass is 79.9. The third kappa shape index (κ3) is 4.61. The fourth-order valence-corrected chi connectivity index (χ4v) is 5.95. The quantitative estimate of drug-likeness (QED) is 0.186. The van der Waals surface area contributed by atoms with Gasteiger partial charge in [0.2, 0.25) is 5.91 Å². The molecule has 0 aliphatic heterocycles. The number of benzene rings is 2. The van der Waals surface area contributed by atoms with Gasteiger partial charge in [0.05, 0.1) is 16.8 Å². The van der Waals surface area contributed by atoms with Crippen LogP contribution in [0.15, 0.2) is 81.2 Å². The van der Waals surface area contributed by atoms with Gasteiger partial charge < -0.3 is 5.32 Å². The Labute approximate surface area is 205 Å². The number of aromatic nitrogens is 3. The summed E-state index contributed by atoms with van der Waals surface area (Å²) in [7, 11) is 0. The van der Waals surface area contributed by atoms with E-state index in [0.717, 1.165) is 42.1 Å². The molecule has 5 aromatic rings. The number of thiophene rings is 1. The average molecular weight is 540 g/mol. The van der Waals surface area contributed by atoms with Crippen molar-refractivity contribution in [1.82, 2.24) is 15.0 Å². The molecule has 0 saturated carbocycles. The van der Waals surface area contributed by atoms with E-state index in [2.05, 4.69) is 53.7 Å². The Morgan fingerprint density at radius 1 is 0.969 bits per heavy atom. The molecule has 0 aliphatic rings. The van der Waals surface area contributed by atoms with E-state index in [1.54, 1.807) is 17.7 Å². The fourth-order valence-electron chi connectivity index (χ4n) is 3.16. The molecule has 32 heavy (non-hydrogen) atoms. The van der Waals surface area contributed by atoms with Gasteiger partial charge in [-0.1, -0.05) is 70.2 Å². The molecule has 0 spiro atoms. The molecule has 2 aromatic carbocycles. The van der Waals surface area contributed by atoms with Crippen LogP contribution < -0.4 is 5.32 Å². The summed E-state index contributed by atoms with van der Waals surface area (Å²) < 4.78 is 1.03. The average Bonchev–Trinajstić information content (AvgIpc) is 3.46. The first kappa shape index (κ1) is 21.3. The number of rotatable bonds is 6. The van der Waals surface area contributed by atoms with Crippen molar-refractivity contribution in [2.24, 2.45) is 0 Å². The van der Waals surface area contributed by atoms with Gasteiger partial charge in [0.1, 0.15) is 16.2 Å². The van der Waals surface area contributed by atoms with E-state index in [1.165, 1.54) is 23.1 Å². The Kier molecular flexibility index (Phi) is 6.31. The SMILES string of the molecule is O=C(CSc1ncnc2scc(-c3ccc(Br)cc3)c12)Nc1nc(-c2ccccc2)cs1. The minimum absolute atomic E-state index is 0.115. The van der Waals surface area contributed by atoms with Crippen LogP contribution in [0.5, 0.6) is 0 Å². The number of fused-ring (bicyclic) bond motifs is 1. The molecule has 1 N–H and O–H groups in total. The maximum atomic E-state index is 12.6. The van der Waals surface area contributed by atoms with Crippen molar-refractivity contribution in [1.29, 1.82) is 0 Å². The number of carbonyl (C=O) groups excluding carboxylic acids is 1. The third-order valence-electron chi connectivity index (χ3n) is 4.65. The highest BCUT2D eigenvalue weighted by molar-refractivity contribution is 9.10. The number of nitrogens with one attached hydrogen (secondary N) is 1. The number of amides is 1. The maximum absolute atomic E-state index is 12.6. The van der Waals surface area contributed by atoms with Crippen LogP contribution in [0.2, 0.25) is 0 Å². The van der Waals surface area contributed by atoms with Crippen molar-refractivity contribution in [3.05, 3.63) is 76.2 Å². The number of halogens is 1. The lowest BCUT2D eigenvalue weighted by molar-refractivity contribution is -0.113. The summed E-state index contributed by atoms with van der Waals surface area (Å²) in [5.74, 6) is 0.123. The zero-order valence-corrected chi connectivity index (χ0v) is 20.5. The summed E-state index contributed by atoms with van der Waals surface area (Å²) in [5.41, 5.74) is 4.05. The summed E-state index contributed by atoms with van der Waals surface area (Å²) >= 11 is 7.89. The van der Waals surface area contributed by atoms with Crippen molar-refractivity contribution < 1.29 is 4.79 Å². The molecular weight excluding hydrogens is 524 g/mol. The van der Waals surface area contributed by atoms with E-state index in [4.69, 9.17) is 0 Å². The molecule has 0 atom stereocenters. The largest absolute Gasteiger partial charge is 0.301 e. The van der Waals surface area contributed by atoms with E-state index >= 15 is 0 Å². The molecule has 0 bridgehead atoms. The van der Waals surface area contributed by atoms with Gasteiger partial charge in [-0.3, -0.25) is 4.79 Å². The molecule has 9 heteroatoms. The lowest BCUT2D eigenvalue weighted by Gasteiger charge is -2.06. The van der Waals surface area contributed by atoms with Crippen LogP contribution in [-0.4, -0.2) is 26.6 Å². The highest BCUT2D eigenvalue weighted by Crippen LogP contribution is 2.38. The first-order valence-corrected chi connectivity index (χ1v) is 13.1. The lowest BCUT2D eigenvalue weighted by Crippen LogP contribution is -2.14. The maximum Gasteiger partial charge on any atom is 0.236 e. The van der Waals surface area contributed by atoms with E-state index in [0.29, 0.717) is 5.13 Å². The number of anilines is 1. The molecule has 5 rings (SSSR count). The Bertz CT molecular complexity index is 1380. The predicted octanol–water partition coefficient (Wildman–Crippen LogP) is 6.98. The van der Waals surface area contributed by atoms with Crippen molar-refractivity contribution in [3.8, 4) is 22.4 Å². The molecule has 0 fully saturated rings. The second kappa shape index (κ2) is 9.50. The molecule has 0 unspecified atom stereocenters. The summed E-state index contributed by atoms with van der Waals surface area (Å²) in [6, 6.07) is 18.1. The fraction of sp³-hybridized carbons (Fsp3) is 0.0435. The van der Waals surface area contributed by atoms with E-state index in [-0.39, 0.29) is 11.7 Å². The van der Waals surface area contributed by atoms with Crippen molar-refractivity contribution >= 4 is 71.6 Å². The van der Waals surface area contributed by atoms with Crippen molar-refractivity contribution in [2.45, 2.75) is 5.03 Å². The molecule has 0 saturated heterocycles. The predicted molar refractivity (Wildman–Crippen MR) is 137 cm³/mol. The van der Waals surface area contributed by atoms with Gasteiger partial charge in [-0.2, -0.15) is 0 Å². The molecule has 3 aromatic heterocycles. The molecule has 1 amide bonds. The van der Waals surface area contributed by atoms with Gasteiger partial charge in [-0.05, 0) is 17.7 Å². The summed E-state index contributed by atoms with van der Waals surface area (Å²) in [6.07, 6.45) is 1.55. The zero-order chi connectivity index (χ0) is 21.9. The van der Waals surface area contributed by atoms with Crippen LogP contribution in [0.4, 0.5) is 5.13 Å². The Balaban J connectivity index is 1.31. The first-order valence-electron chi connectivity index (χ1n) is 9.59. The van der Waals surface area contributed by atoms with Crippen LogP contribution in [0.1, 0.15) is 0 Å². The second-order valence-electron chi connectivity index (χ2n) is 6.76. The van der Waals surface area contributed by atoms with E-state index in [1.807, 2.05) is 47.8 Å². The van der Waals surface area contributed by atoms with Crippen LogP contribution in [0.3, 0.4) is 0 Å². The summed E-state index contributed by atoms with van der Waals surface area (Å²) in [4.78, 5) is 26.9. The number of thioether (sulfide) groups is 1. The number of hydrogen-bond acceptors (Lipinski definition) is 7. The lowest BCUT2D eigenvalue weighted by atomic mass is 10.1. The van der Waals surface area contributed by atoms with Gasteiger partial charge >= 0.3 is 0 Å². The van der Waals surface area contributed by atoms with Crippen molar-refractivity contribution in [3.63, 3.8) is 0 Å². The monoisotopic (exact) mass is 538 g/mol. The Morgan fingerprint density at radius 2 is 1.78 bits per heavy atom. The Morgan fingerprint density at radius 3 is 2.59 bits per heavy atom. The molecule has 158 valence electrons. The van der Waals surface area contributed by atoms with Gasteiger partial charge in [0.15, 0.2) is 5.13 Å². The van der Waals surface area contributed by atoms with Crippen LogP contribution >= 0.6 is 50.4 Å². The summed E-state index contributed by atoms with van der Waals surface area (Å²) in [6.45, 7) is 0. The van der Waals surface area contributed by atoms with Gasteiger partial charge in [-0.25, -0.2) is 15.0 Å². The topological polar surface area (TPSA) is 67.8 Å². The molecule has 5 nitrogen and oxygen atoms in total. The molecule has 0 aliphatic carbocycles. The van der Waals surface area contributed by atoms with E-state index < -0.39 is 0 Å². The molecule has 3 heterocycles. The standard InChI is InChI=1S/C23H15BrN4OS3/c24-16-8-6-14(7-9-16)17-10-30-21-20(17)22(26-13-25-21)31-12-19(29)28-23-27-18(11-32-23)15-4-2-1-3-5-15/h1-11,13H,12H2,(H,27,28,29). The third-order valence-corrected chi connectivity index (χ3v) is 7.81.